The van der Waals surface area contributed by atoms with Crippen LogP contribution in [0.3, 0.4) is 0 Å². The van der Waals surface area contributed by atoms with Crippen molar-refractivity contribution in [2.75, 3.05) is 26.2 Å². The number of aromatic nitrogens is 1. The molecule has 13 heteroatoms. The number of aromatic hydroxyl groups is 1. The average Bonchev–Trinajstić information content (AvgIpc) is 3.69. The van der Waals surface area contributed by atoms with Gasteiger partial charge in [-0.15, -0.1) is 11.3 Å². The van der Waals surface area contributed by atoms with Gasteiger partial charge in [-0.1, -0.05) is 58.0 Å². The van der Waals surface area contributed by atoms with Gasteiger partial charge in [0.05, 0.1) is 34.3 Å². The van der Waals surface area contributed by atoms with Crippen molar-refractivity contribution in [1.82, 2.24) is 24.4 Å². The number of aliphatic hydroxyl groups excluding tert-OH is 1. The van der Waals surface area contributed by atoms with Crippen LogP contribution in [0.1, 0.15) is 62.7 Å². The van der Waals surface area contributed by atoms with Crippen LogP contribution in [0.2, 0.25) is 0 Å². The predicted octanol–water partition coefficient (Wildman–Crippen LogP) is 4.42. The molecule has 260 valence electrons. The van der Waals surface area contributed by atoms with E-state index in [2.05, 4.69) is 5.32 Å². The van der Waals surface area contributed by atoms with E-state index in [-0.39, 0.29) is 48.0 Å². The van der Waals surface area contributed by atoms with Gasteiger partial charge in [0.1, 0.15) is 11.8 Å². The molecule has 2 fully saturated rings. The number of nitrogens with one attached hydrogen (secondary N) is 1. The molecule has 0 radical (unpaired) electrons. The molecule has 0 bridgehead atoms. The zero-order valence-corrected chi connectivity index (χ0v) is 29.7. The molecule has 1 saturated carbocycles. The monoisotopic (exact) mass is 697 g/mol. The highest BCUT2D eigenvalue weighted by atomic mass is 32.2. The summed E-state index contributed by atoms with van der Waals surface area (Å²) in [6.07, 6.45) is 1.31. The molecular weight excluding hydrogens is 651 g/mol. The quantitative estimate of drug-likeness (QED) is 0.201. The Hall–Kier alpha value is -3.52. The van der Waals surface area contributed by atoms with Crippen molar-refractivity contribution in [3.8, 4) is 5.75 Å². The number of hydrogen-bond donors (Lipinski definition) is 3. The number of urea groups is 1. The summed E-state index contributed by atoms with van der Waals surface area (Å²) in [7, 11) is -4.04. The number of aliphatic hydroxyl groups is 1. The Labute approximate surface area is 287 Å². The topological polar surface area (TPSA) is 143 Å². The summed E-state index contributed by atoms with van der Waals surface area (Å²) >= 11 is 1.64. The number of hydrogen-bond acceptors (Lipinski definition) is 8. The number of carbonyl (C=O) groups is 2. The van der Waals surface area contributed by atoms with Gasteiger partial charge in [-0.3, -0.25) is 4.79 Å². The minimum absolute atomic E-state index is 0.00446. The third-order valence-electron chi connectivity index (χ3n) is 8.74. The second-order valence-corrected chi connectivity index (χ2v) is 16.4. The molecule has 2 heterocycles. The fourth-order valence-electron chi connectivity index (χ4n) is 6.12. The lowest BCUT2D eigenvalue weighted by atomic mass is 9.97. The maximum absolute atomic E-state index is 14.1. The van der Waals surface area contributed by atoms with Gasteiger partial charge in [-0.2, -0.15) is 4.31 Å². The molecule has 3 aromatic rings. The zero-order chi connectivity index (χ0) is 34.6. The Bertz CT molecular complexity index is 1640. The summed E-state index contributed by atoms with van der Waals surface area (Å²) < 4.78 is 28.7. The molecule has 3 atom stereocenters. The highest BCUT2D eigenvalue weighted by molar-refractivity contribution is 7.89. The lowest BCUT2D eigenvalue weighted by Gasteiger charge is -2.34. The van der Waals surface area contributed by atoms with Crippen LogP contribution in [0, 0.1) is 11.8 Å². The lowest BCUT2D eigenvalue weighted by molar-refractivity contribution is -0.128. The van der Waals surface area contributed by atoms with E-state index in [1.54, 1.807) is 21.1 Å². The van der Waals surface area contributed by atoms with E-state index in [0.717, 1.165) is 16.3 Å². The van der Waals surface area contributed by atoms with Crippen molar-refractivity contribution in [2.24, 2.45) is 11.8 Å². The van der Waals surface area contributed by atoms with Crippen LogP contribution >= 0.6 is 11.3 Å². The minimum Gasteiger partial charge on any atom is -0.508 e. The second kappa shape index (κ2) is 15.4. The first kappa shape index (κ1) is 35.8. The third kappa shape index (κ3) is 8.73. The highest BCUT2D eigenvalue weighted by Crippen LogP contribution is 2.41. The summed E-state index contributed by atoms with van der Waals surface area (Å²) in [4.78, 5) is 35.8. The number of amides is 3. The van der Waals surface area contributed by atoms with Gasteiger partial charge < -0.3 is 25.3 Å². The smallest absolute Gasteiger partial charge is 0.321 e. The van der Waals surface area contributed by atoms with Crippen LogP contribution in [-0.2, 0) is 27.8 Å². The summed E-state index contributed by atoms with van der Waals surface area (Å²) in [6, 6.07) is 12.8. The standard InChI is InChI=1S/C35H47N5O6S2/c1-23(2)19-39(48(45,46)29-14-12-28(41)13-15-29)21-31(42)30(18-25-8-6-5-7-9-25)37-33(43)32(24(3)4)40-17-16-38(35(40)44)20-27-22-47-34(36-27)26-10-11-26/h5-9,12-15,22-24,26,30-32,41-42H,10-11,16-21H2,1-4H3,(H,37,43)/t30-,31+,32?/m0/s1. The molecule has 1 unspecified atom stereocenters. The Kier molecular flexibility index (Phi) is 11.4. The molecule has 0 spiro atoms. The van der Waals surface area contributed by atoms with E-state index < -0.39 is 34.1 Å². The van der Waals surface area contributed by atoms with Gasteiger partial charge >= 0.3 is 6.03 Å². The third-order valence-corrected chi connectivity index (χ3v) is 11.6. The van der Waals surface area contributed by atoms with Gasteiger partial charge in [0, 0.05) is 37.5 Å². The Morgan fingerprint density at radius 3 is 2.35 bits per heavy atom. The first-order chi connectivity index (χ1) is 22.8. The highest BCUT2D eigenvalue weighted by Gasteiger charge is 2.41. The molecule has 1 aliphatic carbocycles. The SMILES string of the molecule is CC(C)CN(C[C@@H](O)[C@H](Cc1ccccc1)NC(=O)C(C(C)C)N1CCN(Cc2csc(C3CC3)n2)C1=O)S(=O)(=O)c1ccc(O)cc1. The number of phenols is 1. The van der Waals surface area contributed by atoms with Gasteiger partial charge in [0.15, 0.2) is 0 Å². The first-order valence-electron chi connectivity index (χ1n) is 16.6. The number of nitrogens with zero attached hydrogens (tertiary/aromatic N) is 4. The van der Waals surface area contributed by atoms with Gasteiger partial charge in [-0.05, 0) is 60.9 Å². The number of carbonyl (C=O) groups excluding carboxylic acids is 2. The van der Waals surface area contributed by atoms with E-state index in [1.807, 2.05) is 63.4 Å². The number of phenolic OH excluding ortho intramolecular Hbond substituents is 1. The minimum atomic E-state index is -4.04. The summed E-state index contributed by atoms with van der Waals surface area (Å²) in [5, 5.41) is 27.6. The molecule has 3 amide bonds. The van der Waals surface area contributed by atoms with Crippen molar-refractivity contribution in [3.63, 3.8) is 0 Å². The van der Waals surface area contributed by atoms with Crippen LogP contribution < -0.4 is 5.32 Å². The fraction of sp³-hybridized carbons (Fsp3) is 0.514. The number of thiazole rings is 1. The molecule has 2 aliphatic rings. The first-order valence-corrected chi connectivity index (χ1v) is 19.0. The molecule has 1 aliphatic heterocycles. The molecule has 11 nitrogen and oxygen atoms in total. The predicted molar refractivity (Wildman–Crippen MR) is 185 cm³/mol. The molecular formula is C35H47N5O6S2. The van der Waals surface area contributed by atoms with Gasteiger partial charge in [-0.25, -0.2) is 18.2 Å². The van der Waals surface area contributed by atoms with Crippen LogP contribution in [0.15, 0.2) is 64.9 Å². The van der Waals surface area contributed by atoms with Crippen LogP contribution in [-0.4, -0.2) is 94.0 Å². The largest absolute Gasteiger partial charge is 0.508 e. The molecule has 1 aromatic heterocycles. The number of benzene rings is 2. The number of rotatable bonds is 16. The fourth-order valence-corrected chi connectivity index (χ4v) is 8.72. The normalized spacial score (nSPS) is 17.4. The Morgan fingerprint density at radius 1 is 1.04 bits per heavy atom. The van der Waals surface area contributed by atoms with Crippen LogP contribution in [0.4, 0.5) is 4.79 Å². The zero-order valence-electron chi connectivity index (χ0n) is 28.0. The molecule has 5 rings (SSSR count). The Balaban J connectivity index is 1.34. The summed E-state index contributed by atoms with van der Waals surface area (Å²) in [5.41, 5.74) is 1.72. The Morgan fingerprint density at radius 2 is 1.73 bits per heavy atom. The van der Waals surface area contributed by atoms with E-state index in [0.29, 0.717) is 25.6 Å². The van der Waals surface area contributed by atoms with Crippen molar-refractivity contribution in [2.45, 2.75) is 82.5 Å². The molecule has 3 N–H and O–H groups in total. The maximum atomic E-state index is 14.1. The molecule has 48 heavy (non-hydrogen) atoms. The van der Waals surface area contributed by atoms with E-state index in [1.165, 1.54) is 41.4 Å². The van der Waals surface area contributed by atoms with E-state index in [9.17, 15) is 28.2 Å². The van der Waals surface area contributed by atoms with Crippen molar-refractivity contribution in [3.05, 3.63) is 76.2 Å². The van der Waals surface area contributed by atoms with Crippen molar-refractivity contribution < 1.29 is 28.2 Å². The van der Waals surface area contributed by atoms with Crippen LogP contribution in [0.25, 0.3) is 0 Å². The van der Waals surface area contributed by atoms with Crippen molar-refractivity contribution in [1.29, 1.82) is 0 Å². The molecule has 1 saturated heterocycles. The maximum Gasteiger partial charge on any atom is 0.321 e. The second-order valence-electron chi connectivity index (χ2n) is 13.6. The van der Waals surface area contributed by atoms with Gasteiger partial charge in [0.25, 0.3) is 0 Å². The van der Waals surface area contributed by atoms with E-state index >= 15 is 0 Å². The number of sulfonamides is 1. The van der Waals surface area contributed by atoms with Crippen LogP contribution in [0.5, 0.6) is 5.75 Å². The van der Waals surface area contributed by atoms with Gasteiger partial charge in [0.2, 0.25) is 15.9 Å². The van der Waals surface area contributed by atoms with E-state index in [4.69, 9.17) is 4.98 Å². The molecule has 2 aromatic carbocycles. The average molecular weight is 698 g/mol. The lowest BCUT2D eigenvalue weighted by Crippen LogP contribution is -2.57. The van der Waals surface area contributed by atoms with Crippen molar-refractivity contribution >= 4 is 33.3 Å². The summed E-state index contributed by atoms with van der Waals surface area (Å²) in [6.45, 7) is 8.67. The summed E-state index contributed by atoms with van der Waals surface area (Å²) in [5.74, 6) is -0.184.